The maximum Gasteiger partial charge on any atom is 0.277 e. The highest BCUT2D eigenvalue weighted by Crippen LogP contribution is 2.23. The molecule has 3 aromatic rings. The van der Waals surface area contributed by atoms with E-state index in [0.717, 1.165) is 11.1 Å². The van der Waals surface area contributed by atoms with Crippen molar-refractivity contribution >= 4 is 11.8 Å². The molecule has 0 bridgehead atoms. The number of rotatable bonds is 6. The van der Waals surface area contributed by atoms with Crippen molar-refractivity contribution in [2.75, 3.05) is 0 Å². The van der Waals surface area contributed by atoms with Crippen molar-refractivity contribution in [1.82, 2.24) is 19.5 Å². The van der Waals surface area contributed by atoms with Crippen LogP contribution in [0.5, 0.6) is 0 Å². The van der Waals surface area contributed by atoms with Gasteiger partial charge in [-0.15, -0.1) is 0 Å². The number of thioether (sulfide) groups is 1. The minimum Gasteiger partial charge on any atom is -0.324 e. The van der Waals surface area contributed by atoms with Crippen molar-refractivity contribution in [3.8, 4) is 0 Å². The summed E-state index contributed by atoms with van der Waals surface area (Å²) in [4.78, 5) is 24.7. The van der Waals surface area contributed by atoms with Crippen LogP contribution in [-0.4, -0.2) is 19.5 Å². The first-order valence-corrected chi connectivity index (χ1v) is 9.24. The van der Waals surface area contributed by atoms with Gasteiger partial charge in [0.15, 0.2) is 5.16 Å². The molecule has 0 aliphatic heterocycles. The van der Waals surface area contributed by atoms with E-state index in [2.05, 4.69) is 15.0 Å². The summed E-state index contributed by atoms with van der Waals surface area (Å²) in [5, 5.41) is 0.655. The summed E-state index contributed by atoms with van der Waals surface area (Å²) in [5.41, 5.74) is 2.21. The van der Waals surface area contributed by atoms with Gasteiger partial charge in [0, 0.05) is 42.4 Å². The number of hydrogen-bond donors (Lipinski definition) is 0. The van der Waals surface area contributed by atoms with Crippen LogP contribution >= 0.6 is 11.8 Å². The summed E-state index contributed by atoms with van der Waals surface area (Å²) in [6.07, 6.45) is 7.17. The summed E-state index contributed by atoms with van der Waals surface area (Å²) in [6, 6.07) is 6.51. The Morgan fingerprint density at radius 1 is 1.12 bits per heavy atom. The van der Waals surface area contributed by atoms with Gasteiger partial charge in [0.05, 0.1) is 0 Å². The Kier molecular flexibility index (Phi) is 5.78. The lowest BCUT2D eigenvalue weighted by atomic mass is 10.1. The van der Waals surface area contributed by atoms with Crippen molar-refractivity contribution in [3.63, 3.8) is 0 Å². The number of nitrogens with zero attached hydrogens (tertiary/aromatic N) is 4. The largest absolute Gasteiger partial charge is 0.324 e. The standard InChI is InChI=1S/C19H19FN4OS/c1-13(2)24-10-16(7-15-8-21-12-22-9-15)18(25)23-19(24)26-11-14-3-5-17(20)6-4-14/h3-6,8-10,12-13H,7,11H2,1-2H3. The SMILES string of the molecule is CC(C)n1cc(Cc2cncnc2)c(=O)nc1SCc1ccc(F)cc1. The average molecular weight is 370 g/mol. The lowest BCUT2D eigenvalue weighted by molar-refractivity contribution is 0.522. The Morgan fingerprint density at radius 2 is 1.81 bits per heavy atom. The third kappa shape index (κ3) is 4.54. The van der Waals surface area contributed by atoms with Crippen molar-refractivity contribution in [2.24, 2.45) is 0 Å². The lowest BCUT2D eigenvalue weighted by Gasteiger charge is -2.17. The number of aromatic nitrogens is 4. The molecule has 0 saturated heterocycles. The van der Waals surface area contributed by atoms with Gasteiger partial charge in [-0.25, -0.2) is 14.4 Å². The maximum absolute atomic E-state index is 13.0. The Bertz CT molecular complexity index is 927. The predicted octanol–water partition coefficient (Wildman–Crippen LogP) is 3.64. The molecule has 7 heteroatoms. The molecule has 0 fully saturated rings. The molecule has 134 valence electrons. The van der Waals surface area contributed by atoms with Gasteiger partial charge in [-0.05, 0) is 37.1 Å². The molecule has 0 radical (unpaired) electrons. The van der Waals surface area contributed by atoms with E-state index in [-0.39, 0.29) is 17.4 Å². The van der Waals surface area contributed by atoms with E-state index >= 15 is 0 Å². The molecule has 0 amide bonds. The fourth-order valence-corrected chi connectivity index (χ4v) is 3.51. The van der Waals surface area contributed by atoms with Gasteiger partial charge in [-0.2, -0.15) is 4.98 Å². The first-order valence-electron chi connectivity index (χ1n) is 8.26. The van der Waals surface area contributed by atoms with Crippen LogP contribution in [0.2, 0.25) is 0 Å². The van der Waals surface area contributed by atoms with Crippen molar-refractivity contribution in [3.05, 3.63) is 82.0 Å². The molecule has 2 aromatic heterocycles. The molecule has 1 aromatic carbocycles. The van der Waals surface area contributed by atoms with E-state index in [1.165, 1.54) is 30.2 Å². The Labute approximate surface area is 155 Å². The molecule has 2 heterocycles. The van der Waals surface area contributed by atoms with Crippen molar-refractivity contribution in [1.29, 1.82) is 0 Å². The zero-order valence-corrected chi connectivity index (χ0v) is 15.4. The third-order valence-electron chi connectivity index (χ3n) is 3.83. The normalized spacial score (nSPS) is 11.1. The highest BCUT2D eigenvalue weighted by molar-refractivity contribution is 7.98. The van der Waals surface area contributed by atoms with E-state index in [1.807, 2.05) is 24.6 Å². The summed E-state index contributed by atoms with van der Waals surface area (Å²) in [5.74, 6) is 0.357. The fraction of sp³-hybridized carbons (Fsp3) is 0.263. The van der Waals surface area contributed by atoms with E-state index in [4.69, 9.17) is 0 Å². The molecule has 5 nitrogen and oxygen atoms in total. The van der Waals surface area contributed by atoms with Crippen LogP contribution in [0.15, 0.2) is 59.1 Å². The molecule has 0 saturated carbocycles. The molecular formula is C19H19FN4OS. The van der Waals surface area contributed by atoms with Gasteiger partial charge in [0.1, 0.15) is 12.1 Å². The maximum atomic E-state index is 13.0. The second-order valence-electron chi connectivity index (χ2n) is 6.19. The Balaban J connectivity index is 1.84. The van der Waals surface area contributed by atoms with Crippen LogP contribution in [0.1, 0.15) is 36.6 Å². The smallest absolute Gasteiger partial charge is 0.277 e. The third-order valence-corrected chi connectivity index (χ3v) is 4.87. The number of hydrogen-bond acceptors (Lipinski definition) is 5. The first kappa shape index (κ1) is 18.3. The molecule has 3 rings (SSSR count). The zero-order valence-electron chi connectivity index (χ0n) is 14.6. The predicted molar refractivity (Wildman–Crippen MR) is 99.7 cm³/mol. The summed E-state index contributed by atoms with van der Waals surface area (Å²) in [7, 11) is 0. The van der Waals surface area contributed by atoms with Gasteiger partial charge in [-0.3, -0.25) is 4.79 Å². The molecular weight excluding hydrogens is 351 g/mol. The monoisotopic (exact) mass is 370 g/mol. The fourth-order valence-electron chi connectivity index (χ4n) is 2.46. The quantitative estimate of drug-likeness (QED) is 0.490. The van der Waals surface area contributed by atoms with Gasteiger partial charge in [0.2, 0.25) is 0 Å². The highest BCUT2D eigenvalue weighted by Gasteiger charge is 2.12. The second-order valence-corrected chi connectivity index (χ2v) is 7.14. The van der Waals surface area contributed by atoms with Gasteiger partial charge in [-0.1, -0.05) is 23.9 Å². The first-order chi connectivity index (χ1) is 12.5. The van der Waals surface area contributed by atoms with Crippen LogP contribution in [0, 0.1) is 5.82 Å². The lowest BCUT2D eigenvalue weighted by Crippen LogP contribution is -2.20. The summed E-state index contributed by atoms with van der Waals surface area (Å²) < 4.78 is 15.0. The van der Waals surface area contributed by atoms with Crippen LogP contribution in [0.25, 0.3) is 0 Å². The summed E-state index contributed by atoms with van der Waals surface area (Å²) in [6.45, 7) is 4.09. The number of benzene rings is 1. The van der Waals surface area contributed by atoms with Gasteiger partial charge >= 0.3 is 0 Å². The van der Waals surface area contributed by atoms with E-state index in [0.29, 0.717) is 22.9 Å². The molecule has 26 heavy (non-hydrogen) atoms. The van der Waals surface area contributed by atoms with E-state index in [1.54, 1.807) is 24.5 Å². The molecule has 0 aliphatic carbocycles. The van der Waals surface area contributed by atoms with Crippen molar-refractivity contribution < 1.29 is 4.39 Å². The minimum atomic E-state index is -0.259. The van der Waals surface area contributed by atoms with Crippen LogP contribution in [0.4, 0.5) is 4.39 Å². The molecule has 0 atom stereocenters. The average Bonchev–Trinajstić information content (AvgIpc) is 2.63. The van der Waals surface area contributed by atoms with Gasteiger partial charge in [0.25, 0.3) is 5.56 Å². The topological polar surface area (TPSA) is 60.7 Å². The Hall–Kier alpha value is -2.54. The minimum absolute atomic E-state index is 0.157. The van der Waals surface area contributed by atoms with E-state index < -0.39 is 0 Å². The summed E-state index contributed by atoms with van der Waals surface area (Å²) >= 11 is 1.47. The second kappa shape index (κ2) is 8.23. The van der Waals surface area contributed by atoms with Crippen LogP contribution < -0.4 is 5.56 Å². The zero-order chi connectivity index (χ0) is 18.5. The van der Waals surface area contributed by atoms with Crippen LogP contribution in [0.3, 0.4) is 0 Å². The highest BCUT2D eigenvalue weighted by atomic mass is 32.2. The van der Waals surface area contributed by atoms with Crippen LogP contribution in [-0.2, 0) is 12.2 Å². The molecule has 0 unspecified atom stereocenters. The molecule has 0 aliphatic rings. The number of halogens is 1. The molecule has 0 spiro atoms. The van der Waals surface area contributed by atoms with Crippen molar-refractivity contribution in [2.45, 2.75) is 37.2 Å². The van der Waals surface area contributed by atoms with Gasteiger partial charge < -0.3 is 4.57 Å². The Morgan fingerprint density at radius 3 is 2.46 bits per heavy atom. The van der Waals surface area contributed by atoms with E-state index in [9.17, 15) is 9.18 Å². The molecule has 0 N–H and O–H groups in total.